The first-order chi connectivity index (χ1) is 8.53. The molecule has 2 rings (SSSR count). The van der Waals surface area contributed by atoms with Crippen LogP contribution >= 0.6 is 0 Å². The molecule has 0 unspecified atom stereocenters. The molecule has 0 radical (unpaired) electrons. The lowest BCUT2D eigenvalue weighted by Gasteiger charge is -2.42. The molecule has 1 fully saturated rings. The summed E-state index contributed by atoms with van der Waals surface area (Å²) in [5.74, 6) is 0.554. The maximum atomic E-state index is 11.2. The maximum Gasteiger partial charge on any atom is 0.333 e. The normalized spacial score (nSPS) is 17.3. The number of hydrogen-bond donors (Lipinski definition) is 1. The van der Waals surface area contributed by atoms with Crippen LogP contribution in [0.25, 0.3) is 0 Å². The smallest absolute Gasteiger partial charge is 0.333 e. The second kappa shape index (κ2) is 4.59. The molecule has 1 aromatic rings. The molecule has 6 heteroatoms. The Morgan fingerprint density at radius 3 is 2.56 bits per heavy atom. The third kappa shape index (κ3) is 1.95. The van der Waals surface area contributed by atoms with Gasteiger partial charge in [0.05, 0.1) is 4.92 Å². The first kappa shape index (κ1) is 12.9. The van der Waals surface area contributed by atoms with Crippen LogP contribution in [-0.4, -0.2) is 20.2 Å². The van der Waals surface area contributed by atoms with Crippen molar-refractivity contribution in [3.63, 3.8) is 0 Å². The Morgan fingerprint density at radius 1 is 1.50 bits per heavy atom. The molecule has 1 heterocycles. The zero-order chi connectivity index (χ0) is 13.3. The molecule has 1 aromatic heterocycles. The van der Waals surface area contributed by atoms with Gasteiger partial charge in [0.1, 0.15) is 5.69 Å². The quantitative estimate of drug-likeness (QED) is 0.645. The molecular weight excluding hydrogens is 232 g/mol. The molecular formula is C12H20N4O2. The Bertz CT molecular complexity index is 457. The summed E-state index contributed by atoms with van der Waals surface area (Å²) in [6.07, 6.45) is 4.90. The van der Waals surface area contributed by atoms with Gasteiger partial charge in [-0.2, -0.15) is 5.10 Å². The molecule has 6 nitrogen and oxygen atoms in total. The lowest BCUT2D eigenvalue weighted by atomic mass is 9.75. The van der Waals surface area contributed by atoms with Crippen molar-refractivity contribution < 1.29 is 4.92 Å². The van der Waals surface area contributed by atoms with Crippen molar-refractivity contribution in [2.45, 2.75) is 51.5 Å². The first-order valence-corrected chi connectivity index (χ1v) is 6.51. The highest BCUT2D eigenvalue weighted by atomic mass is 16.6. The van der Waals surface area contributed by atoms with Crippen LogP contribution in [0.4, 0.5) is 11.5 Å². The number of nitro groups is 1. The maximum absolute atomic E-state index is 11.2. The molecule has 1 aliphatic carbocycles. The average molecular weight is 252 g/mol. The largest absolute Gasteiger partial charge is 0.359 e. The third-order valence-corrected chi connectivity index (χ3v) is 3.98. The number of aromatic nitrogens is 2. The van der Waals surface area contributed by atoms with Gasteiger partial charge in [-0.3, -0.25) is 10.1 Å². The molecule has 100 valence electrons. The highest BCUT2D eigenvalue weighted by Crippen LogP contribution is 2.40. The van der Waals surface area contributed by atoms with Crippen LogP contribution in [0.5, 0.6) is 0 Å². The van der Waals surface area contributed by atoms with Crippen LogP contribution in [0, 0.1) is 10.1 Å². The SMILES string of the molecule is CCc1nn(C)c(NC2(CC)CCC2)c1[N+](=O)[O-]. The van der Waals surface area contributed by atoms with E-state index in [1.807, 2.05) is 6.92 Å². The molecule has 0 saturated heterocycles. The molecule has 1 aliphatic rings. The van der Waals surface area contributed by atoms with Crippen molar-refractivity contribution in [2.75, 3.05) is 5.32 Å². The number of anilines is 1. The van der Waals surface area contributed by atoms with Gasteiger partial charge in [0.2, 0.25) is 5.82 Å². The van der Waals surface area contributed by atoms with Crippen molar-refractivity contribution in [1.29, 1.82) is 0 Å². The topological polar surface area (TPSA) is 73.0 Å². The summed E-state index contributed by atoms with van der Waals surface area (Å²) < 4.78 is 1.60. The molecule has 0 bridgehead atoms. The second-order valence-electron chi connectivity index (χ2n) is 4.99. The zero-order valence-corrected chi connectivity index (χ0v) is 11.2. The van der Waals surface area contributed by atoms with Crippen LogP contribution in [-0.2, 0) is 13.5 Å². The van der Waals surface area contributed by atoms with Gasteiger partial charge in [-0.15, -0.1) is 0 Å². The van der Waals surface area contributed by atoms with E-state index < -0.39 is 0 Å². The van der Waals surface area contributed by atoms with Crippen LogP contribution < -0.4 is 5.32 Å². The standard InChI is InChI=1S/C12H20N4O2/c1-4-9-10(16(17)18)11(15(3)14-9)13-12(5-2)7-6-8-12/h13H,4-8H2,1-3H3. The van der Waals surface area contributed by atoms with Crippen molar-refractivity contribution in [2.24, 2.45) is 7.05 Å². The number of rotatable bonds is 5. The summed E-state index contributed by atoms with van der Waals surface area (Å²) in [5.41, 5.74) is 0.721. The van der Waals surface area contributed by atoms with E-state index in [2.05, 4.69) is 17.3 Å². The molecule has 0 aliphatic heterocycles. The molecule has 1 N–H and O–H groups in total. The van der Waals surface area contributed by atoms with Crippen LogP contribution in [0.2, 0.25) is 0 Å². The van der Waals surface area contributed by atoms with Crippen LogP contribution in [0.3, 0.4) is 0 Å². The summed E-state index contributed by atoms with van der Waals surface area (Å²) in [5, 5.41) is 18.8. The van der Waals surface area contributed by atoms with Gasteiger partial charge >= 0.3 is 5.69 Å². The Kier molecular flexibility index (Phi) is 3.28. The minimum Gasteiger partial charge on any atom is -0.359 e. The van der Waals surface area contributed by atoms with E-state index in [1.165, 1.54) is 6.42 Å². The summed E-state index contributed by atoms with van der Waals surface area (Å²) in [7, 11) is 1.76. The number of nitrogens with zero attached hydrogens (tertiary/aromatic N) is 3. The van der Waals surface area contributed by atoms with Gasteiger partial charge < -0.3 is 5.32 Å². The van der Waals surface area contributed by atoms with E-state index in [-0.39, 0.29) is 16.1 Å². The first-order valence-electron chi connectivity index (χ1n) is 6.51. The van der Waals surface area contributed by atoms with Gasteiger partial charge in [0.15, 0.2) is 0 Å². The molecule has 0 aromatic carbocycles. The lowest BCUT2D eigenvalue weighted by molar-refractivity contribution is -0.384. The van der Waals surface area contributed by atoms with E-state index >= 15 is 0 Å². The van der Waals surface area contributed by atoms with Crippen LogP contribution in [0.15, 0.2) is 0 Å². The summed E-state index contributed by atoms with van der Waals surface area (Å²) >= 11 is 0. The van der Waals surface area contributed by atoms with Crippen molar-refractivity contribution in [3.8, 4) is 0 Å². The fourth-order valence-corrected chi connectivity index (χ4v) is 2.56. The molecule has 0 spiro atoms. The van der Waals surface area contributed by atoms with Crippen LogP contribution in [0.1, 0.15) is 45.2 Å². The number of nitrogens with one attached hydrogen (secondary N) is 1. The zero-order valence-electron chi connectivity index (χ0n) is 11.2. The van der Waals surface area contributed by atoms with Gasteiger partial charge in [-0.05, 0) is 32.1 Å². The van der Waals surface area contributed by atoms with Gasteiger partial charge in [-0.25, -0.2) is 4.68 Å². The van der Waals surface area contributed by atoms with Gasteiger partial charge in [0, 0.05) is 12.6 Å². The van der Waals surface area contributed by atoms with E-state index in [9.17, 15) is 10.1 Å². The lowest BCUT2D eigenvalue weighted by Crippen LogP contribution is -2.44. The molecule has 1 saturated carbocycles. The van der Waals surface area contributed by atoms with Crippen molar-refractivity contribution >= 4 is 11.5 Å². The minimum atomic E-state index is -0.323. The Morgan fingerprint density at radius 2 is 2.17 bits per heavy atom. The van der Waals surface area contributed by atoms with E-state index in [0.29, 0.717) is 17.9 Å². The van der Waals surface area contributed by atoms with Gasteiger partial charge in [-0.1, -0.05) is 13.8 Å². The van der Waals surface area contributed by atoms with E-state index in [4.69, 9.17) is 0 Å². The summed E-state index contributed by atoms with van der Waals surface area (Å²) in [6.45, 7) is 4.01. The average Bonchev–Trinajstić information content (AvgIpc) is 2.60. The summed E-state index contributed by atoms with van der Waals surface area (Å²) in [6, 6.07) is 0. The molecule has 0 amide bonds. The van der Waals surface area contributed by atoms with Crippen molar-refractivity contribution in [3.05, 3.63) is 15.8 Å². The second-order valence-corrected chi connectivity index (χ2v) is 4.99. The Balaban J connectivity index is 2.37. The van der Waals surface area contributed by atoms with E-state index in [0.717, 1.165) is 19.3 Å². The highest BCUT2D eigenvalue weighted by molar-refractivity contribution is 5.61. The number of aryl methyl sites for hydroxylation is 2. The fraction of sp³-hybridized carbons (Fsp3) is 0.750. The Hall–Kier alpha value is -1.59. The summed E-state index contributed by atoms with van der Waals surface area (Å²) in [4.78, 5) is 10.9. The van der Waals surface area contributed by atoms with Crippen molar-refractivity contribution in [1.82, 2.24) is 9.78 Å². The highest BCUT2D eigenvalue weighted by Gasteiger charge is 2.38. The van der Waals surface area contributed by atoms with E-state index in [1.54, 1.807) is 11.7 Å². The molecule has 0 atom stereocenters. The number of hydrogen-bond acceptors (Lipinski definition) is 4. The fourth-order valence-electron chi connectivity index (χ4n) is 2.56. The van der Waals surface area contributed by atoms with Gasteiger partial charge in [0.25, 0.3) is 0 Å². The Labute approximate surface area is 107 Å². The monoisotopic (exact) mass is 252 g/mol. The molecule has 18 heavy (non-hydrogen) atoms. The minimum absolute atomic E-state index is 0.0313. The third-order valence-electron chi connectivity index (χ3n) is 3.98. The predicted molar refractivity (Wildman–Crippen MR) is 69.7 cm³/mol. The predicted octanol–water partition coefficient (Wildman–Crippen LogP) is 2.64.